The fourth-order valence-electron chi connectivity index (χ4n) is 2.84. The SMILES string of the molecule is CCC(C)N(C)CC1CCCCCC1NC. The molecule has 2 nitrogen and oxygen atoms in total. The molecule has 16 heavy (non-hydrogen) atoms. The maximum Gasteiger partial charge on any atom is 0.0104 e. The predicted octanol–water partition coefficient (Wildman–Crippen LogP) is 2.89. The molecule has 3 unspecified atom stereocenters. The molecule has 1 N–H and O–H groups in total. The number of nitrogens with one attached hydrogen (secondary N) is 1. The fraction of sp³-hybridized carbons (Fsp3) is 1.00. The number of hydrogen-bond acceptors (Lipinski definition) is 2. The van der Waals surface area contributed by atoms with Crippen molar-refractivity contribution < 1.29 is 0 Å². The molecule has 1 aliphatic rings. The third-order valence-corrected chi connectivity index (χ3v) is 4.40. The highest BCUT2D eigenvalue weighted by molar-refractivity contribution is 4.81. The molecule has 0 amide bonds. The Labute approximate surface area is 102 Å². The minimum Gasteiger partial charge on any atom is -0.317 e. The van der Waals surface area contributed by atoms with Crippen LogP contribution in [0.2, 0.25) is 0 Å². The van der Waals surface area contributed by atoms with Crippen LogP contribution in [0.3, 0.4) is 0 Å². The van der Waals surface area contributed by atoms with Crippen LogP contribution in [0.1, 0.15) is 52.4 Å². The monoisotopic (exact) mass is 226 g/mol. The van der Waals surface area contributed by atoms with Gasteiger partial charge in [0.15, 0.2) is 0 Å². The zero-order chi connectivity index (χ0) is 12.0. The van der Waals surface area contributed by atoms with Crippen LogP contribution < -0.4 is 5.32 Å². The predicted molar refractivity (Wildman–Crippen MR) is 71.8 cm³/mol. The van der Waals surface area contributed by atoms with Gasteiger partial charge in [0.2, 0.25) is 0 Å². The van der Waals surface area contributed by atoms with Crippen molar-refractivity contribution in [2.24, 2.45) is 5.92 Å². The number of rotatable bonds is 5. The summed E-state index contributed by atoms with van der Waals surface area (Å²) in [6, 6.07) is 1.47. The highest BCUT2D eigenvalue weighted by Crippen LogP contribution is 2.24. The van der Waals surface area contributed by atoms with Crippen molar-refractivity contribution in [3.63, 3.8) is 0 Å². The zero-order valence-corrected chi connectivity index (χ0v) is 11.6. The first kappa shape index (κ1) is 14.0. The standard InChI is InChI=1S/C14H30N2/c1-5-12(2)16(4)11-13-9-7-6-8-10-14(13)15-3/h12-15H,5-11H2,1-4H3. The maximum atomic E-state index is 3.53. The summed E-state index contributed by atoms with van der Waals surface area (Å²) in [5.41, 5.74) is 0. The van der Waals surface area contributed by atoms with E-state index in [1.165, 1.54) is 45.1 Å². The molecule has 0 saturated heterocycles. The largest absolute Gasteiger partial charge is 0.317 e. The molecule has 1 aliphatic carbocycles. The Morgan fingerprint density at radius 2 is 1.94 bits per heavy atom. The van der Waals surface area contributed by atoms with Gasteiger partial charge in [0, 0.05) is 18.6 Å². The molecule has 3 atom stereocenters. The highest BCUT2D eigenvalue weighted by atomic mass is 15.1. The zero-order valence-electron chi connectivity index (χ0n) is 11.6. The van der Waals surface area contributed by atoms with Crippen LogP contribution >= 0.6 is 0 Å². The second-order valence-corrected chi connectivity index (χ2v) is 5.49. The summed E-state index contributed by atoms with van der Waals surface area (Å²) in [5.74, 6) is 0.853. The third-order valence-electron chi connectivity index (χ3n) is 4.40. The van der Waals surface area contributed by atoms with Crippen LogP contribution in [0.15, 0.2) is 0 Å². The lowest BCUT2D eigenvalue weighted by Crippen LogP contribution is -2.41. The Morgan fingerprint density at radius 3 is 2.56 bits per heavy atom. The molecule has 1 rings (SSSR count). The molecule has 0 radical (unpaired) electrons. The molecule has 1 fully saturated rings. The Morgan fingerprint density at radius 1 is 1.25 bits per heavy atom. The van der Waals surface area contributed by atoms with Crippen molar-refractivity contribution in [2.45, 2.75) is 64.5 Å². The van der Waals surface area contributed by atoms with Crippen LogP contribution in [0.5, 0.6) is 0 Å². The van der Waals surface area contributed by atoms with E-state index >= 15 is 0 Å². The van der Waals surface area contributed by atoms with Crippen molar-refractivity contribution in [3.05, 3.63) is 0 Å². The summed E-state index contributed by atoms with van der Waals surface area (Å²) in [6.07, 6.45) is 8.31. The van der Waals surface area contributed by atoms with Crippen LogP contribution in [0, 0.1) is 5.92 Å². The van der Waals surface area contributed by atoms with E-state index in [9.17, 15) is 0 Å². The summed E-state index contributed by atoms with van der Waals surface area (Å²) in [6.45, 7) is 5.88. The van der Waals surface area contributed by atoms with E-state index in [2.05, 4.69) is 38.2 Å². The lowest BCUT2D eigenvalue weighted by molar-refractivity contribution is 0.184. The second kappa shape index (κ2) is 7.29. The molecule has 0 aliphatic heterocycles. The van der Waals surface area contributed by atoms with Gasteiger partial charge >= 0.3 is 0 Å². The average molecular weight is 226 g/mol. The number of hydrogen-bond donors (Lipinski definition) is 1. The van der Waals surface area contributed by atoms with E-state index in [1.54, 1.807) is 0 Å². The number of nitrogens with zero attached hydrogens (tertiary/aromatic N) is 1. The van der Waals surface area contributed by atoms with Crippen LogP contribution in [0.4, 0.5) is 0 Å². The van der Waals surface area contributed by atoms with Crippen LogP contribution in [0.25, 0.3) is 0 Å². The molecule has 0 aromatic heterocycles. The summed E-state index contributed by atoms with van der Waals surface area (Å²) in [7, 11) is 4.41. The van der Waals surface area contributed by atoms with Gasteiger partial charge < -0.3 is 10.2 Å². The normalized spacial score (nSPS) is 29.1. The minimum absolute atomic E-state index is 0.723. The van der Waals surface area contributed by atoms with Crippen LogP contribution in [-0.4, -0.2) is 37.6 Å². The first-order valence-corrected chi connectivity index (χ1v) is 7.06. The Bertz CT molecular complexity index is 182. The smallest absolute Gasteiger partial charge is 0.0104 e. The molecule has 0 aromatic rings. The van der Waals surface area contributed by atoms with Gasteiger partial charge in [-0.05, 0) is 46.2 Å². The molecule has 0 bridgehead atoms. The van der Waals surface area contributed by atoms with Crippen molar-refractivity contribution in [1.29, 1.82) is 0 Å². The summed E-state index contributed by atoms with van der Waals surface area (Å²) < 4.78 is 0. The lowest BCUT2D eigenvalue weighted by Gasteiger charge is -2.32. The molecule has 96 valence electrons. The van der Waals surface area contributed by atoms with Crippen molar-refractivity contribution >= 4 is 0 Å². The molecular formula is C14H30N2. The van der Waals surface area contributed by atoms with Crippen LogP contribution in [-0.2, 0) is 0 Å². The van der Waals surface area contributed by atoms with Gasteiger partial charge in [0.05, 0.1) is 0 Å². The Kier molecular flexibility index (Phi) is 6.37. The fourth-order valence-corrected chi connectivity index (χ4v) is 2.84. The Hall–Kier alpha value is -0.0800. The van der Waals surface area contributed by atoms with Gasteiger partial charge in [-0.3, -0.25) is 0 Å². The van der Waals surface area contributed by atoms with Gasteiger partial charge in [-0.15, -0.1) is 0 Å². The molecule has 0 heterocycles. The summed E-state index contributed by atoms with van der Waals surface area (Å²) in [4.78, 5) is 2.54. The summed E-state index contributed by atoms with van der Waals surface area (Å²) in [5, 5.41) is 3.53. The molecule has 0 aromatic carbocycles. The third kappa shape index (κ3) is 4.06. The molecule has 2 heteroatoms. The van der Waals surface area contributed by atoms with Gasteiger partial charge in [0.1, 0.15) is 0 Å². The lowest BCUT2D eigenvalue weighted by atomic mass is 9.94. The van der Waals surface area contributed by atoms with Gasteiger partial charge in [-0.2, -0.15) is 0 Å². The molecular weight excluding hydrogens is 196 g/mol. The topological polar surface area (TPSA) is 15.3 Å². The first-order chi connectivity index (χ1) is 7.69. The van der Waals surface area contributed by atoms with E-state index < -0.39 is 0 Å². The van der Waals surface area contributed by atoms with Gasteiger partial charge in [0.25, 0.3) is 0 Å². The maximum absolute atomic E-state index is 3.53. The first-order valence-electron chi connectivity index (χ1n) is 7.06. The van der Waals surface area contributed by atoms with Gasteiger partial charge in [-0.1, -0.05) is 26.2 Å². The van der Waals surface area contributed by atoms with E-state index in [1.807, 2.05) is 0 Å². The Balaban J connectivity index is 2.47. The highest BCUT2D eigenvalue weighted by Gasteiger charge is 2.24. The minimum atomic E-state index is 0.723. The van der Waals surface area contributed by atoms with E-state index in [0.717, 1.165) is 18.0 Å². The van der Waals surface area contributed by atoms with E-state index in [-0.39, 0.29) is 0 Å². The quantitative estimate of drug-likeness (QED) is 0.725. The second-order valence-electron chi connectivity index (χ2n) is 5.49. The van der Waals surface area contributed by atoms with Crippen molar-refractivity contribution in [3.8, 4) is 0 Å². The molecule has 1 saturated carbocycles. The average Bonchev–Trinajstić information content (AvgIpc) is 2.52. The van der Waals surface area contributed by atoms with E-state index in [4.69, 9.17) is 0 Å². The molecule has 0 spiro atoms. The summed E-state index contributed by atoms with van der Waals surface area (Å²) >= 11 is 0. The van der Waals surface area contributed by atoms with Gasteiger partial charge in [-0.25, -0.2) is 0 Å². The van der Waals surface area contributed by atoms with Crippen molar-refractivity contribution in [1.82, 2.24) is 10.2 Å². The van der Waals surface area contributed by atoms with Crippen molar-refractivity contribution in [2.75, 3.05) is 20.6 Å². The van der Waals surface area contributed by atoms with E-state index in [0.29, 0.717) is 0 Å².